The van der Waals surface area contributed by atoms with Crippen molar-refractivity contribution in [2.45, 2.75) is 13.5 Å². The molecular weight excluding hydrogens is 266 g/mol. The van der Waals surface area contributed by atoms with Crippen molar-refractivity contribution in [3.63, 3.8) is 0 Å². The fraction of sp³-hybridized carbons (Fsp3) is 0.250. The first kappa shape index (κ1) is 15.0. The van der Waals surface area contributed by atoms with Gasteiger partial charge in [-0.05, 0) is 50.3 Å². The summed E-state index contributed by atoms with van der Waals surface area (Å²) < 4.78 is 0. The number of aryl methyl sites for hydroxylation is 1. The molecule has 110 valence electrons. The van der Waals surface area contributed by atoms with Gasteiger partial charge in [0.2, 0.25) is 0 Å². The molecule has 0 unspecified atom stereocenters. The van der Waals surface area contributed by atoms with Gasteiger partial charge in [0, 0.05) is 18.4 Å². The Hall–Kier alpha value is -2.40. The molecule has 1 aromatic heterocycles. The average molecular weight is 285 g/mol. The summed E-state index contributed by atoms with van der Waals surface area (Å²) in [5.74, 6) is -0.536. The molecule has 1 aromatic carbocycles. The molecule has 2 aromatic rings. The van der Waals surface area contributed by atoms with Gasteiger partial charge in [-0.25, -0.2) is 4.98 Å². The van der Waals surface area contributed by atoms with Crippen LogP contribution in [0.1, 0.15) is 21.6 Å². The third-order valence-electron chi connectivity index (χ3n) is 2.90. The van der Waals surface area contributed by atoms with Crippen molar-refractivity contribution in [3.05, 3.63) is 53.3 Å². The molecule has 0 radical (unpaired) electrons. The quantitative estimate of drug-likeness (QED) is 0.905. The Morgan fingerprint density at radius 3 is 2.76 bits per heavy atom. The van der Waals surface area contributed by atoms with E-state index >= 15 is 0 Å². The lowest BCUT2D eigenvalue weighted by atomic mass is 10.2. The molecule has 0 bridgehead atoms. The summed E-state index contributed by atoms with van der Waals surface area (Å²) in [6, 6.07) is 9.12. The number of pyridine rings is 1. The highest BCUT2D eigenvalue weighted by Gasteiger charge is 2.13. The topological polar surface area (TPSA) is 65.5 Å². The zero-order valence-corrected chi connectivity index (χ0v) is 12.4. The van der Waals surface area contributed by atoms with Crippen LogP contribution >= 0.6 is 0 Å². The van der Waals surface area contributed by atoms with Gasteiger partial charge in [0.05, 0.1) is 0 Å². The Morgan fingerprint density at radius 1 is 1.33 bits per heavy atom. The van der Waals surface area contributed by atoms with Gasteiger partial charge in [-0.1, -0.05) is 12.1 Å². The molecule has 21 heavy (non-hydrogen) atoms. The number of rotatable bonds is 4. The van der Waals surface area contributed by atoms with E-state index < -0.39 is 5.91 Å². The summed E-state index contributed by atoms with van der Waals surface area (Å²) in [5.41, 5.74) is 2.61. The number of nitrogens with zero attached hydrogens (tertiary/aromatic N) is 2. The maximum atomic E-state index is 12.1. The number of aromatic nitrogens is 1. The standard InChI is InChI=1S/C16H19N3O2/c1-11-7-14(20)15(17-9-11)16(21)18-13-6-4-5-12(8-13)10-19(2)3/h4-9,20H,10H2,1-3H3,(H,18,21). The minimum atomic E-state index is -0.422. The predicted octanol–water partition coefficient (Wildman–Crippen LogP) is 2.41. The zero-order valence-electron chi connectivity index (χ0n) is 12.4. The summed E-state index contributed by atoms with van der Waals surface area (Å²) in [6.45, 7) is 2.59. The highest BCUT2D eigenvalue weighted by Crippen LogP contribution is 2.18. The molecule has 2 rings (SSSR count). The normalized spacial score (nSPS) is 10.7. The molecule has 1 heterocycles. The lowest BCUT2D eigenvalue weighted by Gasteiger charge is -2.11. The number of carbonyl (C=O) groups is 1. The van der Waals surface area contributed by atoms with Crippen LogP contribution in [-0.2, 0) is 6.54 Å². The van der Waals surface area contributed by atoms with E-state index in [4.69, 9.17) is 0 Å². The van der Waals surface area contributed by atoms with Gasteiger partial charge in [0.15, 0.2) is 5.69 Å². The molecule has 0 aliphatic heterocycles. The number of benzene rings is 1. The Kier molecular flexibility index (Phi) is 4.55. The van der Waals surface area contributed by atoms with Crippen molar-refractivity contribution in [2.75, 3.05) is 19.4 Å². The second-order valence-corrected chi connectivity index (χ2v) is 5.27. The van der Waals surface area contributed by atoms with Gasteiger partial charge in [-0.3, -0.25) is 4.79 Å². The van der Waals surface area contributed by atoms with E-state index in [0.717, 1.165) is 17.7 Å². The molecule has 5 nitrogen and oxygen atoms in total. The number of hydrogen-bond acceptors (Lipinski definition) is 4. The molecular formula is C16H19N3O2. The molecule has 0 fully saturated rings. The third kappa shape index (κ3) is 4.03. The van der Waals surface area contributed by atoms with Crippen LogP contribution in [0.25, 0.3) is 0 Å². The average Bonchev–Trinajstić information content (AvgIpc) is 2.37. The molecule has 0 aliphatic carbocycles. The van der Waals surface area contributed by atoms with E-state index in [1.807, 2.05) is 43.3 Å². The van der Waals surface area contributed by atoms with Gasteiger partial charge in [0.25, 0.3) is 5.91 Å². The maximum absolute atomic E-state index is 12.1. The van der Waals surface area contributed by atoms with Gasteiger partial charge in [-0.15, -0.1) is 0 Å². The summed E-state index contributed by atoms with van der Waals surface area (Å²) in [5, 5.41) is 12.5. The second kappa shape index (κ2) is 6.37. The lowest BCUT2D eigenvalue weighted by molar-refractivity contribution is 0.101. The third-order valence-corrected chi connectivity index (χ3v) is 2.90. The Labute approximate surface area is 124 Å². The number of hydrogen-bond donors (Lipinski definition) is 2. The number of nitrogens with one attached hydrogen (secondary N) is 1. The molecule has 0 atom stereocenters. The smallest absolute Gasteiger partial charge is 0.278 e. The van der Waals surface area contributed by atoms with E-state index in [-0.39, 0.29) is 11.4 Å². The highest BCUT2D eigenvalue weighted by atomic mass is 16.3. The molecule has 5 heteroatoms. The van der Waals surface area contributed by atoms with Crippen molar-refractivity contribution in [3.8, 4) is 5.75 Å². The highest BCUT2D eigenvalue weighted by molar-refractivity contribution is 6.04. The first-order valence-corrected chi connectivity index (χ1v) is 6.66. The number of amides is 1. The predicted molar refractivity (Wildman–Crippen MR) is 82.4 cm³/mol. The number of carbonyl (C=O) groups excluding carboxylic acids is 1. The SMILES string of the molecule is Cc1cnc(C(=O)Nc2cccc(CN(C)C)c2)c(O)c1. The van der Waals surface area contributed by atoms with Crippen LogP contribution in [0.3, 0.4) is 0 Å². The Balaban J connectivity index is 2.15. The Morgan fingerprint density at radius 2 is 2.10 bits per heavy atom. The fourth-order valence-electron chi connectivity index (χ4n) is 2.03. The molecule has 0 spiro atoms. The summed E-state index contributed by atoms with van der Waals surface area (Å²) in [4.78, 5) is 18.2. The van der Waals surface area contributed by atoms with Crippen LogP contribution in [0.5, 0.6) is 5.75 Å². The number of aromatic hydroxyl groups is 1. The van der Waals surface area contributed by atoms with Crippen molar-refractivity contribution in [2.24, 2.45) is 0 Å². The Bertz CT molecular complexity index is 654. The summed E-state index contributed by atoms with van der Waals surface area (Å²) >= 11 is 0. The van der Waals surface area contributed by atoms with Crippen LogP contribution in [0, 0.1) is 6.92 Å². The van der Waals surface area contributed by atoms with E-state index in [0.29, 0.717) is 5.69 Å². The van der Waals surface area contributed by atoms with Crippen molar-refractivity contribution >= 4 is 11.6 Å². The summed E-state index contributed by atoms with van der Waals surface area (Å²) in [7, 11) is 3.97. The first-order chi connectivity index (χ1) is 9.95. The van der Waals surface area contributed by atoms with Gasteiger partial charge >= 0.3 is 0 Å². The van der Waals surface area contributed by atoms with Crippen LogP contribution in [0.15, 0.2) is 36.5 Å². The van der Waals surface area contributed by atoms with Crippen LogP contribution in [0.2, 0.25) is 0 Å². The molecule has 0 saturated heterocycles. The minimum Gasteiger partial charge on any atom is -0.505 e. The van der Waals surface area contributed by atoms with E-state index in [2.05, 4.69) is 10.3 Å². The lowest BCUT2D eigenvalue weighted by Crippen LogP contribution is -2.15. The van der Waals surface area contributed by atoms with Crippen molar-refractivity contribution < 1.29 is 9.90 Å². The zero-order chi connectivity index (χ0) is 15.4. The van der Waals surface area contributed by atoms with Gasteiger partial charge in [-0.2, -0.15) is 0 Å². The fourth-order valence-corrected chi connectivity index (χ4v) is 2.03. The summed E-state index contributed by atoms with van der Waals surface area (Å²) in [6.07, 6.45) is 1.55. The second-order valence-electron chi connectivity index (χ2n) is 5.27. The monoisotopic (exact) mass is 285 g/mol. The van der Waals surface area contributed by atoms with Crippen molar-refractivity contribution in [1.29, 1.82) is 0 Å². The molecule has 1 amide bonds. The number of anilines is 1. The van der Waals surface area contributed by atoms with Gasteiger partial charge in [0.1, 0.15) is 5.75 Å². The van der Waals surface area contributed by atoms with E-state index in [9.17, 15) is 9.90 Å². The van der Waals surface area contributed by atoms with Crippen LogP contribution in [0.4, 0.5) is 5.69 Å². The van der Waals surface area contributed by atoms with Crippen molar-refractivity contribution in [1.82, 2.24) is 9.88 Å². The minimum absolute atomic E-state index is 0.0265. The maximum Gasteiger partial charge on any atom is 0.278 e. The largest absolute Gasteiger partial charge is 0.505 e. The van der Waals surface area contributed by atoms with E-state index in [1.54, 1.807) is 13.1 Å². The first-order valence-electron chi connectivity index (χ1n) is 6.66. The molecule has 0 saturated carbocycles. The van der Waals surface area contributed by atoms with E-state index in [1.165, 1.54) is 6.07 Å². The molecule has 2 N–H and O–H groups in total. The van der Waals surface area contributed by atoms with Crippen LogP contribution in [-0.4, -0.2) is 35.0 Å². The molecule has 0 aliphatic rings. The van der Waals surface area contributed by atoms with Gasteiger partial charge < -0.3 is 15.3 Å². The van der Waals surface area contributed by atoms with Crippen LogP contribution < -0.4 is 5.32 Å².